The monoisotopic (exact) mass is 403 g/mol. The lowest BCUT2D eigenvalue weighted by Gasteiger charge is -2.09. The Hall–Kier alpha value is -4.26. The van der Waals surface area contributed by atoms with Crippen LogP contribution in [0.15, 0.2) is 83.1 Å². The molecule has 3 rings (SSSR count). The molecule has 7 nitrogen and oxygen atoms in total. The van der Waals surface area contributed by atoms with Crippen LogP contribution in [-0.2, 0) is 11.2 Å². The van der Waals surface area contributed by atoms with E-state index >= 15 is 0 Å². The molecule has 0 amide bonds. The van der Waals surface area contributed by atoms with Crippen LogP contribution in [0.5, 0.6) is 0 Å². The first-order chi connectivity index (χ1) is 14.3. The molecule has 0 aliphatic carbocycles. The fourth-order valence-electron chi connectivity index (χ4n) is 3.15. The molecule has 0 fully saturated rings. The molecule has 0 aliphatic rings. The van der Waals surface area contributed by atoms with Gasteiger partial charge in [0.25, 0.3) is 5.69 Å². The number of allylic oxidation sites excluding steroid dienone is 4. The molecule has 7 heteroatoms. The molecular formula is C23H17NO6. The molecule has 0 radical (unpaired) electrons. The van der Waals surface area contributed by atoms with Gasteiger partial charge >= 0.3 is 5.97 Å². The number of hydrogen-bond acceptors (Lipinski definition) is 5. The molecule has 1 aromatic heterocycles. The normalized spacial score (nSPS) is 11.3. The highest BCUT2D eigenvalue weighted by atomic mass is 16.6. The summed E-state index contributed by atoms with van der Waals surface area (Å²) in [5.41, 5.74) is 1.10. The minimum absolute atomic E-state index is 0.104. The van der Waals surface area contributed by atoms with Gasteiger partial charge in [-0.15, -0.1) is 0 Å². The van der Waals surface area contributed by atoms with Crippen LogP contribution in [0.3, 0.4) is 0 Å². The maximum Gasteiger partial charge on any atom is 0.307 e. The number of benzene rings is 2. The van der Waals surface area contributed by atoms with E-state index in [-0.39, 0.29) is 34.3 Å². The van der Waals surface area contributed by atoms with E-state index in [0.717, 1.165) is 0 Å². The fourth-order valence-corrected chi connectivity index (χ4v) is 3.15. The number of fused-ring (bicyclic) bond motifs is 1. The first-order valence-electron chi connectivity index (χ1n) is 8.87. The summed E-state index contributed by atoms with van der Waals surface area (Å²) < 4.78 is 5.83. The number of carbonyl (C=O) groups is 1. The van der Waals surface area contributed by atoms with Gasteiger partial charge in [0.05, 0.1) is 22.3 Å². The van der Waals surface area contributed by atoms with Crippen LogP contribution in [-0.4, -0.2) is 16.0 Å². The predicted octanol–water partition coefficient (Wildman–Crippen LogP) is 4.75. The van der Waals surface area contributed by atoms with Gasteiger partial charge in [-0.25, -0.2) is 0 Å². The quantitative estimate of drug-likeness (QED) is 0.346. The maximum absolute atomic E-state index is 12.6. The summed E-state index contributed by atoms with van der Waals surface area (Å²) in [4.78, 5) is 34.8. The van der Waals surface area contributed by atoms with E-state index in [4.69, 9.17) is 9.52 Å². The van der Waals surface area contributed by atoms with Crippen LogP contribution in [0.4, 0.5) is 5.69 Å². The van der Waals surface area contributed by atoms with Crippen LogP contribution >= 0.6 is 0 Å². The third-order valence-electron chi connectivity index (χ3n) is 4.49. The Morgan fingerprint density at radius 3 is 2.60 bits per heavy atom. The first-order valence-corrected chi connectivity index (χ1v) is 8.87. The van der Waals surface area contributed by atoms with Crippen molar-refractivity contribution in [2.45, 2.75) is 6.42 Å². The second-order valence-electron chi connectivity index (χ2n) is 6.39. The zero-order valence-corrected chi connectivity index (χ0v) is 15.8. The average Bonchev–Trinajstić information content (AvgIpc) is 2.71. The maximum atomic E-state index is 12.6. The van der Waals surface area contributed by atoms with Crippen molar-refractivity contribution in [1.29, 1.82) is 0 Å². The zero-order valence-electron chi connectivity index (χ0n) is 15.8. The molecule has 0 saturated carbocycles. The number of aliphatic carboxylic acids is 1. The lowest BCUT2D eigenvalue weighted by atomic mass is 9.99. The molecular weight excluding hydrogens is 386 g/mol. The van der Waals surface area contributed by atoms with Crippen molar-refractivity contribution in [3.05, 3.63) is 105 Å². The topological polar surface area (TPSA) is 111 Å². The van der Waals surface area contributed by atoms with Gasteiger partial charge in [-0.05, 0) is 17.7 Å². The summed E-state index contributed by atoms with van der Waals surface area (Å²) in [5, 5.41) is 21.0. The lowest BCUT2D eigenvalue weighted by Crippen LogP contribution is -2.05. The standard InChI is InChI=1S/C23H17NO6/c1-3-6-14(4-2)17-10-9-15(11-19(17)24(28)29)21-13-20(25)18-8-5-7-16(12-22(26)27)23(18)30-21/h3-11,13H,1-2,12H2,(H,26,27)/b14-6+. The van der Waals surface area contributed by atoms with Gasteiger partial charge < -0.3 is 9.52 Å². The number of carboxylic acid groups (broad SMARTS) is 1. The highest BCUT2D eigenvalue weighted by Crippen LogP contribution is 2.33. The molecule has 0 unspecified atom stereocenters. The highest BCUT2D eigenvalue weighted by Gasteiger charge is 2.19. The second kappa shape index (κ2) is 8.40. The van der Waals surface area contributed by atoms with Crippen molar-refractivity contribution >= 4 is 28.2 Å². The Morgan fingerprint density at radius 1 is 1.20 bits per heavy atom. The van der Waals surface area contributed by atoms with Gasteiger partial charge in [0.2, 0.25) is 0 Å². The van der Waals surface area contributed by atoms with Gasteiger partial charge in [-0.3, -0.25) is 19.7 Å². The summed E-state index contributed by atoms with van der Waals surface area (Å²) in [5.74, 6) is -0.964. The highest BCUT2D eigenvalue weighted by molar-refractivity contribution is 5.86. The van der Waals surface area contributed by atoms with Crippen molar-refractivity contribution in [3.63, 3.8) is 0 Å². The Morgan fingerprint density at radius 2 is 1.97 bits per heavy atom. The van der Waals surface area contributed by atoms with Gasteiger partial charge in [-0.1, -0.05) is 49.6 Å². The van der Waals surface area contributed by atoms with Crippen molar-refractivity contribution in [2.75, 3.05) is 0 Å². The number of hydrogen-bond donors (Lipinski definition) is 1. The molecule has 1 N–H and O–H groups in total. The summed E-state index contributed by atoms with van der Waals surface area (Å²) >= 11 is 0. The number of carboxylic acids is 1. The van der Waals surface area contributed by atoms with Crippen LogP contribution in [0, 0.1) is 10.1 Å². The summed E-state index contributed by atoms with van der Waals surface area (Å²) in [6.07, 6.45) is 4.26. The summed E-state index contributed by atoms with van der Waals surface area (Å²) in [6, 6.07) is 10.4. The van der Waals surface area contributed by atoms with Crippen LogP contribution in [0.1, 0.15) is 11.1 Å². The zero-order chi connectivity index (χ0) is 21.8. The SMILES string of the molecule is C=C/C=C(\C=C)c1ccc(-c2cc(=O)c3cccc(CC(=O)O)c3o2)cc1[N+](=O)[O-]. The van der Waals surface area contributed by atoms with Crippen molar-refractivity contribution in [3.8, 4) is 11.3 Å². The molecule has 2 aromatic carbocycles. The third-order valence-corrected chi connectivity index (χ3v) is 4.49. The minimum atomic E-state index is -1.07. The minimum Gasteiger partial charge on any atom is -0.481 e. The summed E-state index contributed by atoms with van der Waals surface area (Å²) in [7, 11) is 0. The van der Waals surface area contributed by atoms with Gasteiger partial charge in [0.15, 0.2) is 5.43 Å². The Balaban J connectivity index is 2.24. The molecule has 0 bridgehead atoms. The van der Waals surface area contributed by atoms with E-state index in [2.05, 4.69) is 13.2 Å². The third kappa shape index (κ3) is 3.95. The van der Waals surface area contributed by atoms with Crippen LogP contribution in [0.2, 0.25) is 0 Å². The first kappa shape index (κ1) is 20.5. The van der Waals surface area contributed by atoms with Crippen molar-refractivity contribution < 1.29 is 19.2 Å². The van der Waals surface area contributed by atoms with E-state index in [0.29, 0.717) is 22.3 Å². The van der Waals surface area contributed by atoms with E-state index in [1.54, 1.807) is 24.3 Å². The lowest BCUT2D eigenvalue weighted by molar-refractivity contribution is -0.385. The smallest absolute Gasteiger partial charge is 0.307 e. The number of nitrogens with zero attached hydrogens (tertiary/aromatic N) is 1. The average molecular weight is 403 g/mol. The van der Waals surface area contributed by atoms with E-state index in [9.17, 15) is 19.7 Å². The Labute approximate surface area is 171 Å². The van der Waals surface area contributed by atoms with Crippen LogP contribution < -0.4 is 5.43 Å². The number of rotatable bonds is 7. The van der Waals surface area contributed by atoms with Gasteiger partial charge in [0.1, 0.15) is 11.3 Å². The van der Waals surface area contributed by atoms with Crippen LogP contribution in [0.25, 0.3) is 27.9 Å². The molecule has 0 saturated heterocycles. The second-order valence-corrected chi connectivity index (χ2v) is 6.39. The largest absolute Gasteiger partial charge is 0.481 e. The fraction of sp³-hybridized carbons (Fsp3) is 0.0435. The van der Waals surface area contributed by atoms with Crippen molar-refractivity contribution in [1.82, 2.24) is 0 Å². The molecule has 30 heavy (non-hydrogen) atoms. The van der Waals surface area contributed by atoms with Gasteiger partial charge in [0, 0.05) is 23.3 Å². The Kier molecular flexibility index (Phi) is 5.73. The molecule has 0 spiro atoms. The number of nitro benzene ring substituents is 1. The number of nitro groups is 1. The molecule has 0 atom stereocenters. The molecule has 0 aliphatic heterocycles. The molecule has 1 heterocycles. The van der Waals surface area contributed by atoms with E-state index < -0.39 is 10.9 Å². The van der Waals surface area contributed by atoms with E-state index in [1.807, 2.05) is 0 Å². The van der Waals surface area contributed by atoms with Gasteiger partial charge in [-0.2, -0.15) is 0 Å². The Bertz CT molecular complexity index is 1280. The predicted molar refractivity (Wildman–Crippen MR) is 114 cm³/mol. The number of para-hydroxylation sites is 1. The summed E-state index contributed by atoms with van der Waals surface area (Å²) in [6.45, 7) is 7.27. The van der Waals surface area contributed by atoms with Crippen molar-refractivity contribution in [2.24, 2.45) is 0 Å². The molecule has 150 valence electrons. The van der Waals surface area contributed by atoms with E-state index in [1.165, 1.54) is 36.4 Å². The molecule has 3 aromatic rings.